The van der Waals surface area contributed by atoms with Gasteiger partial charge in [-0.05, 0) is 43.2 Å². The van der Waals surface area contributed by atoms with Crippen LogP contribution >= 0.6 is 0 Å². The number of aromatic nitrogens is 1. The van der Waals surface area contributed by atoms with E-state index in [-0.39, 0.29) is 17.8 Å². The van der Waals surface area contributed by atoms with Crippen LogP contribution in [-0.4, -0.2) is 35.2 Å². The number of hydrogen-bond acceptors (Lipinski definition) is 4. The van der Waals surface area contributed by atoms with Gasteiger partial charge in [0.1, 0.15) is 11.6 Å². The molecule has 1 fully saturated rings. The van der Waals surface area contributed by atoms with Crippen LogP contribution in [0.15, 0.2) is 42.6 Å². The minimum Gasteiger partial charge on any atom is -0.391 e. The summed E-state index contributed by atoms with van der Waals surface area (Å²) in [6, 6.07) is 9.73. The van der Waals surface area contributed by atoms with Crippen molar-refractivity contribution in [1.29, 1.82) is 0 Å². The van der Waals surface area contributed by atoms with Crippen molar-refractivity contribution in [3.8, 4) is 0 Å². The van der Waals surface area contributed by atoms with Gasteiger partial charge in [-0.3, -0.25) is 4.79 Å². The Morgan fingerprint density at radius 3 is 2.71 bits per heavy atom. The summed E-state index contributed by atoms with van der Waals surface area (Å²) in [5.74, 6) is 0.246. The van der Waals surface area contributed by atoms with Crippen molar-refractivity contribution in [1.82, 2.24) is 10.3 Å². The fourth-order valence-electron chi connectivity index (χ4n) is 3.02. The Kier molecular flexibility index (Phi) is 4.76. The zero-order valence-electron chi connectivity index (χ0n) is 13.4. The molecular formula is C18H20FN3O2. The van der Waals surface area contributed by atoms with Gasteiger partial charge in [-0.15, -0.1) is 0 Å². The number of benzene rings is 1. The molecule has 1 aliphatic heterocycles. The molecule has 2 aromatic rings. The molecule has 126 valence electrons. The van der Waals surface area contributed by atoms with E-state index in [9.17, 15) is 14.3 Å². The SMILES string of the molecule is CCNC(=O)c1ccc(N2C[C@H](O)C[C@H]2c2ccc(F)cc2)nc1. The van der Waals surface area contributed by atoms with E-state index in [0.29, 0.717) is 30.9 Å². The number of nitrogens with zero attached hydrogens (tertiary/aromatic N) is 2. The summed E-state index contributed by atoms with van der Waals surface area (Å²) in [7, 11) is 0. The molecule has 2 N–H and O–H groups in total. The van der Waals surface area contributed by atoms with Crippen LogP contribution < -0.4 is 10.2 Å². The molecule has 0 unspecified atom stereocenters. The van der Waals surface area contributed by atoms with E-state index in [0.717, 1.165) is 5.56 Å². The Hall–Kier alpha value is -2.47. The normalized spacial score (nSPS) is 20.2. The highest BCUT2D eigenvalue weighted by atomic mass is 19.1. The van der Waals surface area contributed by atoms with Gasteiger partial charge in [-0.1, -0.05) is 12.1 Å². The van der Waals surface area contributed by atoms with E-state index < -0.39 is 6.10 Å². The number of carbonyl (C=O) groups excluding carboxylic acids is 1. The highest BCUT2D eigenvalue weighted by molar-refractivity contribution is 5.94. The van der Waals surface area contributed by atoms with Crippen molar-refractivity contribution >= 4 is 11.7 Å². The van der Waals surface area contributed by atoms with Crippen LogP contribution in [0.25, 0.3) is 0 Å². The predicted molar refractivity (Wildman–Crippen MR) is 89.4 cm³/mol. The Balaban J connectivity index is 1.83. The molecule has 1 amide bonds. The Bertz CT molecular complexity index is 703. The van der Waals surface area contributed by atoms with Crippen molar-refractivity contribution in [3.05, 3.63) is 59.5 Å². The zero-order chi connectivity index (χ0) is 17.1. The summed E-state index contributed by atoms with van der Waals surface area (Å²) >= 11 is 0. The van der Waals surface area contributed by atoms with Crippen LogP contribution in [0.1, 0.15) is 35.3 Å². The number of nitrogens with one attached hydrogen (secondary N) is 1. The number of halogens is 1. The van der Waals surface area contributed by atoms with E-state index in [1.54, 1.807) is 24.3 Å². The minimum absolute atomic E-state index is 0.0663. The summed E-state index contributed by atoms with van der Waals surface area (Å²) in [4.78, 5) is 18.2. The predicted octanol–water partition coefficient (Wildman–Crippen LogP) is 2.28. The number of pyridine rings is 1. The van der Waals surface area contributed by atoms with Gasteiger partial charge in [0, 0.05) is 19.3 Å². The van der Waals surface area contributed by atoms with E-state index >= 15 is 0 Å². The molecular weight excluding hydrogens is 309 g/mol. The Morgan fingerprint density at radius 2 is 2.08 bits per heavy atom. The quantitative estimate of drug-likeness (QED) is 0.903. The van der Waals surface area contributed by atoms with E-state index in [1.807, 2.05) is 11.8 Å². The molecule has 1 aromatic heterocycles. The first kappa shape index (κ1) is 16.4. The van der Waals surface area contributed by atoms with E-state index in [1.165, 1.54) is 18.3 Å². The zero-order valence-corrected chi connectivity index (χ0v) is 13.4. The molecule has 1 saturated heterocycles. The maximum absolute atomic E-state index is 13.1. The van der Waals surface area contributed by atoms with Crippen molar-refractivity contribution in [2.45, 2.75) is 25.5 Å². The highest BCUT2D eigenvalue weighted by Crippen LogP contribution is 2.35. The number of aliphatic hydroxyl groups is 1. The van der Waals surface area contributed by atoms with Crippen molar-refractivity contribution in [3.63, 3.8) is 0 Å². The van der Waals surface area contributed by atoms with Gasteiger partial charge >= 0.3 is 0 Å². The largest absolute Gasteiger partial charge is 0.391 e. The summed E-state index contributed by atoms with van der Waals surface area (Å²) < 4.78 is 13.1. The van der Waals surface area contributed by atoms with Crippen molar-refractivity contribution in [2.24, 2.45) is 0 Å². The summed E-state index contributed by atoms with van der Waals surface area (Å²) in [6.45, 7) is 2.87. The lowest BCUT2D eigenvalue weighted by Gasteiger charge is -2.25. The molecule has 24 heavy (non-hydrogen) atoms. The monoisotopic (exact) mass is 329 g/mol. The molecule has 0 spiro atoms. The van der Waals surface area contributed by atoms with Gasteiger partial charge < -0.3 is 15.3 Å². The molecule has 5 nitrogen and oxygen atoms in total. The topological polar surface area (TPSA) is 65.5 Å². The molecule has 1 aromatic carbocycles. The lowest BCUT2D eigenvalue weighted by molar-refractivity contribution is 0.0955. The number of β-amino-alcohol motifs (C(OH)–C–C–N with tert-alkyl or cyclic N) is 1. The van der Waals surface area contributed by atoms with Crippen LogP contribution in [-0.2, 0) is 0 Å². The van der Waals surface area contributed by atoms with Crippen molar-refractivity contribution in [2.75, 3.05) is 18.0 Å². The fraction of sp³-hybridized carbons (Fsp3) is 0.333. The molecule has 0 radical (unpaired) electrons. The number of anilines is 1. The number of rotatable bonds is 4. The Morgan fingerprint density at radius 1 is 1.33 bits per heavy atom. The molecule has 0 bridgehead atoms. The molecule has 0 aliphatic carbocycles. The number of amides is 1. The van der Waals surface area contributed by atoms with Crippen LogP contribution in [0.3, 0.4) is 0 Å². The molecule has 1 aliphatic rings. The third-order valence-corrected chi connectivity index (χ3v) is 4.18. The summed E-state index contributed by atoms with van der Waals surface area (Å²) in [5.41, 5.74) is 1.43. The first-order valence-corrected chi connectivity index (χ1v) is 8.03. The highest BCUT2D eigenvalue weighted by Gasteiger charge is 2.33. The standard InChI is InChI=1S/C18H20FN3O2/c1-2-20-18(24)13-5-8-17(21-10-13)22-11-15(23)9-16(22)12-3-6-14(19)7-4-12/h3-8,10,15-16,23H,2,9,11H2,1H3,(H,20,24)/t15-,16+/m1/s1. The van der Waals surface area contributed by atoms with Crippen molar-refractivity contribution < 1.29 is 14.3 Å². The average Bonchev–Trinajstić information content (AvgIpc) is 2.98. The van der Waals surface area contributed by atoms with E-state index in [4.69, 9.17) is 0 Å². The minimum atomic E-state index is -0.468. The second-order valence-electron chi connectivity index (χ2n) is 5.87. The van der Waals surface area contributed by atoms with Gasteiger partial charge in [0.05, 0.1) is 17.7 Å². The third-order valence-electron chi connectivity index (χ3n) is 4.18. The van der Waals surface area contributed by atoms with Gasteiger partial charge in [0.2, 0.25) is 0 Å². The maximum Gasteiger partial charge on any atom is 0.252 e. The molecule has 6 heteroatoms. The number of carbonyl (C=O) groups is 1. The number of hydrogen-bond donors (Lipinski definition) is 2. The van der Waals surface area contributed by atoms with Gasteiger partial charge in [-0.25, -0.2) is 9.37 Å². The number of aliphatic hydroxyl groups excluding tert-OH is 1. The van der Waals surface area contributed by atoms with Crippen LogP contribution in [0.4, 0.5) is 10.2 Å². The van der Waals surface area contributed by atoms with Gasteiger partial charge in [-0.2, -0.15) is 0 Å². The van der Waals surface area contributed by atoms with E-state index in [2.05, 4.69) is 10.3 Å². The fourth-order valence-corrected chi connectivity index (χ4v) is 3.02. The van der Waals surface area contributed by atoms with Gasteiger partial charge in [0.25, 0.3) is 5.91 Å². The average molecular weight is 329 g/mol. The lowest BCUT2D eigenvalue weighted by atomic mass is 10.0. The molecule has 0 saturated carbocycles. The van der Waals surface area contributed by atoms with Crippen LogP contribution in [0.2, 0.25) is 0 Å². The van der Waals surface area contributed by atoms with Crippen LogP contribution in [0.5, 0.6) is 0 Å². The Labute approximate surface area is 140 Å². The third kappa shape index (κ3) is 3.38. The summed E-state index contributed by atoms with van der Waals surface area (Å²) in [6.07, 6.45) is 1.63. The molecule has 2 atom stereocenters. The smallest absolute Gasteiger partial charge is 0.252 e. The van der Waals surface area contributed by atoms with Crippen LogP contribution in [0, 0.1) is 5.82 Å². The first-order chi connectivity index (χ1) is 11.6. The molecule has 3 rings (SSSR count). The summed E-state index contributed by atoms with van der Waals surface area (Å²) in [5, 5.41) is 12.8. The first-order valence-electron chi connectivity index (χ1n) is 8.03. The second kappa shape index (κ2) is 6.97. The maximum atomic E-state index is 13.1. The lowest BCUT2D eigenvalue weighted by Crippen LogP contribution is -2.26. The second-order valence-corrected chi connectivity index (χ2v) is 5.87. The molecule has 2 heterocycles. The van der Waals surface area contributed by atoms with Gasteiger partial charge in [0.15, 0.2) is 0 Å².